The number of methoxy groups -OCH3 is 1. The Hall–Kier alpha value is -3.43. The Kier molecular flexibility index (Phi) is 7.91. The number of carbonyl (C=O) groups is 1. The van der Waals surface area contributed by atoms with Crippen molar-refractivity contribution < 1.29 is 9.53 Å². The predicted octanol–water partition coefficient (Wildman–Crippen LogP) is 5.93. The number of rotatable bonds is 8. The summed E-state index contributed by atoms with van der Waals surface area (Å²) in [6.07, 6.45) is 0. The Morgan fingerprint density at radius 3 is 2.42 bits per heavy atom. The van der Waals surface area contributed by atoms with Crippen molar-refractivity contribution in [2.75, 3.05) is 12.9 Å². The number of ether oxygens (including phenoxy) is 1. The number of hydrogen-bond donors (Lipinski definition) is 1. The summed E-state index contributed by atoms with van der Waals surface area (Å²) in [6.45, 7) is 8.44. The molecule has 2 aromatic carbocycles. The van der Waals surface area contributed by atoms with E-state index in [2.05, 4.69) is 65.8 Å². The lowest BCUT2D eigenvalue weighted by molar-refractivity contribution is -0.118. The van der Waals surface area contributed by atoms with Crippen molar-refractivity contribution in [3.05, 3.63) is 76.5 Å². The molecule has 2 aromatic heterocycles. The zero-order chi connectivity index (χ0) is 25.7. The Balaban J connectivity index is 1.58. The first-order chi connectivity index (χ1) is 17.3. The van der Waals surface area contributed by atoms with Crippen LogP contribution >= 0.6 is 23.1 Å². The summed E-state index contributed by atoms with van der Waals surface area (Å²) >= 11 is 2.89. The highest BCUT2D eigenvalue weighted by molar-refractivity contribution is 7.99. The molecule has 4 rings (SSSR count). The maximum atomic E-state index is 12.5. The van der Waals surface area contributed by atoms with Crippen molar-refractivity contribution >= 4 is 34.7 Å². The first-order valence-electron chi connectivity index (χ1n) is 11.5. The number of hydrazone groups is 1. The van der Waals surface area contributed by atoms with Crippen LogP contribution in [0.2, 0.25) is 0 Å². The van der Waals surface area contributed by atoms with Crippen LogP contribution in [0.3, 0.4) is 0 Å². The molecule has 0 saturated carbocycles. The lowest BCUT2D eigenvalue weighted by Crippen LogP contribution is -2.21. The molecule has 0 aliphatic rings. The van der Waals surface area contributed by atoms with Gasteiger partial charge in [-0.1, -0.05) is 62.9 Å². The van der Waals surface area contributed by atoms with Gasteiger partial charge in [0, 0.05) is 16.1 Å². The van der Waals surface area contributed by atoms with Crippen molar-refractivity contribution in [2.45, 2.75) is 38.3 Å². The molecule has 1 amide bonds. The number of thioether (sulfide) groups is 1. The third-order valence-corrected chi connectivity index (χ3v) is 7.44. The van der Waals surface area contributed by atoms with Gasteiger partial charge in [-0.2, -0.15) is 5.10 Å². The first-order valence-corrected chi connectivity index (χ1v) is 13.3. The van der Waals surface area contributed by atoms with Gasteiger partial charge in [0.1, 0.15) is 5.75 Å². The van der Waals surface area contributed by atoms with Gasteiger partial charge in [-0.3, -0.25) is 9.36 Å². The number of amides is 1. The molecule has 9 heteroatoms. The van der Waals surface area contributed by atoms with Crippen LogP contribution in [-0.4, -0.2) is 39.2 Å². The molecule has 0 spiro atoms. The zero-order valence-corrected chi connectivity index (χ0v) is 22.6. The molecular weight excluding hydrogens is 490 g/mol. The van der Waals surface area contributed by atoms with E-state index in [0.29, 0.717) is 11.0 Å². The quantitative estimate of drug-likeness (QED) is 0.177. The Morgan fingerprint density at radius 1 is 1.08 bits per heavy atom. The van der Waals surface area contributed by atoms with Crippen LogP contribution in [0.5, 0.6) is 5.75 Å². The zero-order valence-electron chi connectivity index (χ0n) is 21.0. The summed E-state index contributed by atoms with van der Waals surface area (Å²) in [5.41, 5.74) is 6.53. The van der Waals surface area contributed by atoms with E-state index in [4.69, 9.17) is 4.74 Å². The van der Waals surface area contributed by atoms with Gasteiger partial charge in [0.05, 0.1) is 18.6 Å². The van der Waals surface area contributed by atoms with E-state index in [1.165, 1.54) is 17.3 Å². The number of carbonyl (C=O) groups excluding carboxylic acids is 1. The highest BCUT2D eigenvalue weighted by Crippen LogP contribution is 2.30. The maximum absolute atomic E-state index is 12.5. The molecule has 0 aliphatic heterocycles. The molecule has 0 fully saturated rings. The standard InChI is InChI=1S/C27H29N5O2S2/c1-18(23-7-6-16-35-23)28-29-24(33)17-36-26-31-30-25(19-8-10-20(11-9-19)27(2,3)4)32(26)21-12-14-22(34-5)15-13-21/h6-16H,17H2,1-5H3,(H,29,33)/b28-18+. The first kappa shape index (κ1) is 25.7. The molecule has 0 radical (unpaired) electrons. The van der Waals surface area contributed by atoms with Crippen molar-refractivity contribution in [2.24, 2.45) is 5.10 Å². The SMILES string of the molecule is COc1ccc(-n2c(SCC(=O)N/N=C(\C)c3cccs3)nnc2-c2ccc(C(C)(C)C)cc2)cc1. The van der Waals surface area contributed by atoms with Gasteiger partial charge in [-0.15, -0.1) is 21.5 Å². The van der Waals surface area contributed by atoms with E-state index < -0.39 is 0 Å². The van der Waals surface area contributed by atoms with E-state index in [9.17, 15) is 4.79 Å². The van der Waals surface area contributed by atoms with Crippen LogP contribution in [-0.2, 0) is 10.2 Å². The molecule has 36 heavy (non-hydrogen) atoms. The number of hydrogen-bond acceptors (Lipinski definition) is 7. The van der Waals surface area contributed by atoms with Crippen LogP contribution in [0.15, 0.2) is 76.3 Å². The molecule has 2 heterocycles. The normalized spacial score (nSPS) is 12.0. The maximum Gasteiger partial charge on any atom is 0.250 e. The smallest absolute Gasteiger partial charge is 0.250 e. The van der Waals surface area contributed by atoms with E-state index >= 15 is 0 Å². The largest absolute Gasteiger partial charge is 0.497 e. The van der Waals surface area contributed by atoms with E-state index in [-0.39, 0.29) is 17.1 Å². The second-order valence-corrected chi connectivity index (χ2v) is 11.1. The van der Waals surface area contributed by atoms with Crippen LogP contribution in [0.25, 0.3) is 17.1 Å². The highest BCUT2D eigenvalue weighted by Gasteiger charge is 2.19. The van der Waals surface area contributed by atoms with Gasteiger partial charge < -0.3 is 4.74 Å². The molecule has 4 aromatic rings. The number of nitrogens with zero attached hydrogens (tertiary/aromatic N) is 4. The minimum atomic E-state index is -0.212. The molecule has 1 N–H and O–H groups in total. The monoisotopic (exact) mass is 519 g/mol. The highest BCUT2D eigenvalue weighted by atomic mass is 32.2. The summed E-state index contributed by atoms with van der Waals surface area (Å²) in [5.74, 6) is 1.40. The summed E-state index contributed by atoms with van der Waals surface area (Å²) < 4.78 is 7.28. The van der Waals surface area contributed by atoms with Gasteiger partial charge >= 0.3 is 0 Å². The number of nitrogens with one attached hydrogen (secondary N) is 1. The van der Waals surface area contributed by atoms with Crippen molar-refractivity contribution in [3.8, 4) is 22.8 Å². The predicted molar refractivity (Wildman–Crippen MR) is 147 cm³/mol. The fraction of sp³-hybridized carbons (Fsp3) is 0.259. The van der Waals surface area contributed by atoms with Gasteiger partial charge in [-0.05, 0) is 53.6 Å². The second kappa shape index (κ2) is 11.1. The Labute approximate surface area is 219 Å². The molecule has 0 aliphatic carbocycles. The van der Waals surface area contributed by atoms with Crippen LogP contribution in [0.4, 0.5) is 0 Å². The van der Waals surface area contributed by atoms with E-state index in [1.54, 1.807) is 18.4 Å². The fourth-order valence-electron chi connectivity index (χ4n) is 3.48. The average molecular weight is 520 g/mol. The average Bonchev–Trinajstić information content (AvgIpc) is 3.56. The van der Waals surface area contributed by atoms with E-state index in [1.807, 2.05) is 53.3 Å². The summed E-state index contributed by atoms with van der Waals surface area (Å²) in [6, 6.07) is 20.0. The van der Waals surface area contributed by atoms with Crippen molar-refractivity contribution in [1.29, 1.82) is 0 Å². The van der Waals surface area contributed by atoms with Crippen LogP contribution in [0.1, 0.15) is 38.1 Å². The molecular formula is C27H29N5O2S2. The molecule has 7 nitrogen and oxygen atoms in total. The molecule has 0 bridgehead atoms. The van der Waals surface area contributed by atoms with Gasteiger partial charge in [0.25, 0.3) is 5.91 Å². The summed E-state index contributed by atoms with van der Waals surface area (Å²) in [7, 11) is 1.64. The fourth-order valence-corrected chi connectivity index (χ4v) is 4.90. The van der Waals surface area contributed by atoms with E-state index in [0.717, 1.165) is 27.6 Å². The van der Waals surface area contributed by atoms with Gasteiger partial charge in [0.2, 0.25) is 0 Å². The van der Waals surface area contributed by atoms with Crippen LogP contribution < -0.4 is 10.2 Å². The topological polar surface area (TPSA) is 81.4 Å². The van der Waals surface area contributed by atoms with Gasteiger partial charge in [-0.25, -0.2) is 5.43 Å². The minimum absolute atomic E-state index is 0.0564. The third-order valence-electron chi connectivity index (χ3n) is 5.53. The second-order valence-electron chi connectivity index (χ2n) is 9.17. The Morgan fingerprint density at radius 2 is 1.81 bits per heavy atom. The number of benzene rings is 2. The number of aromatic nitrogens is 3. The Bertz CT molecular complexity index is 1340. The van der Waals surface area contributed by atoms with Crippen molar-refractivity contribution in [1.82, 2.24) is 20.2 Å². The molecule has 0 atom stereocenters. The van der Waals surface area contributed by atoms with Crippen molar-refractivity contribution in [3.63, 3.8) is 0 Å². The molecule has 0 unspecified atom stereocenters. The summed E-state index contributed by atoms with van der Waals surface area (Å²) in [5, 5.41) is 15.7. The number of thiophene rings is 1. The lowest BCUT2D eigenvalue weighted by atomic mass is 9.87. The minimum Gasteiger partial charge on any atom is -0.497 e. The molecule has 0 saturated heterocycles. The van der Waals surface area contributed by atoms with Gasteiger partial charge in [0.15, 0.2) is 11.0 Å². The summed E-state index contributed by atoms with van der Waals surface area (Å²) in [4.78, 5) is 13.5. The lowest BCUT2D eigenvalue weighted by Gasteiger charge is -2.19. The molecule has 186 valence electrons. The van der Waals surface area contributed by atoms with Crippen LogP contribution in [0, 0.1) is 0 Å². The third kappa shape index (κ3) is 6.03.